The molecule has 1 aliphatic heterocycles. The Morgan fingerprint density at radius 2 is 1.97 bits per heavy atom. The number of carbonyl (C=O) groups excluding carboxylic acids is 3. The molecule has 4 rings (SSSR count). The van der Waals surface area contributed by atoms with Crippen LogP contribution < -0.4 is 16.0 Å². The van der Waals surface area contributed by atoms with Gasteiger partial charge in [0.1, 0.15) is 0 Å². The number of carbonyl (C=O) groups is 3. The fourth-order valence-electron chi connectivity index (χ4n) is 3.99. The van der Waals surface area contributed by atoms with Gasteiger partial charge in [0.2, 0.25) is 5.91 Å². The van der Waals surface area contributed by atoms with Crippen LogP contribution in [0.15, 0.2) is 54.7 Å². The predicted molar refractivity (Wildman–Crippen MR) is 130 cm³/mol. The number of primary amides is 1. The molecule has 1 aromatic heterocycles. The first-order valence-electron chi connectivity index (χ1n) is 11.0. The van der Waals surface area contributed by atoms with E-state index in [0.717, 1.165) is 5.56 Å². The summed E-state index contributed by atoms with van der Waals surface area (Å²) in [6.45, 7) is 1.85. The van der Waals surface area contributed by atoms with Crippen molar-refractivity contribution in [2.45, 2.75) is 26.1 Å². The number of rotatable bonds is 5. The smallest absolute Gasteiger partial charge is 0.318 e. The van der Waals surface area contributed by atoms with Crippen molar-refractivity contribution in [3.05, 3.63) is 76.6 Å². The molecule has 11 heteroatoms. The molecule has 0 aliphatic carbocycles. The first-order valence-corrected chi connectivity index (χ1v) is 11.3. The van der Waals surface area contributed by atoms with Gasteiger partial charge in [0.05, 0.1) is 35.1 Å². The van der Waals surface area contributed by atoms with E-state index in [-0.39, 0.29) is 43.2 Å². The van der Waals surface area contributed by atoms with Crippen LogP contribution in [0.2, 0.25) is 5.02 Å². The number of aliphatic hydroxyl groups excluding tert-OH is 1. The third kappa shape index (κ3) is 5.13. The zero-order chi connectivity index (χ0) is 25.1. The Bertz CT molecular complexity index is 1280. The largest absolute Gasteiger partial charge is 0.390 e. The van der Waals surface area contributed by atoms with E-state index < -0.39 is 11.9 Å². The summed E-state index contributed by atoms with van der Waals surface area (Å²) in [5.41, 5.74) is 8.07. The van der Waals surface area contributed by atoms with Crippen LogP contribution in [0.1, 0.15) is 28.5 Å². The van der Waals surface area contributed by atoms with Gasteiger partial charge in [0.25, 0.3) is 5.91 Å². The summed E-state index contributed by atoms with van der Waals surface area (Å²) in [5, 5.41) is 16.3. The van der Waals surface area contributed by atoms with Gasteiger partial charge in [-0.1, -0.05) is 29.8 Å². The predicted octanol–water partition coefficient (Wildman–Crippen LogP) is 2.06. The van der Waals surface area contributed by atoms with Crippen LogP contribution in [0.3, 0.4) is 0 Å². The second-order valence-corrected chi connectivity index (χ2v) is 8.63. The van der Waals surface area contributed by atoms with Crippen molar-refractivity contribution < 1.29 is 19.5 Å². The minimum atomic E-state index is -0.640. The first-order chi connectivity index (χ1) is 16.8. The number of fused-ring (bicyclic) bond motifs is 1. The molecule has 10 nitrogen and oxygen atoms in total. The van der Waals surface area contributed by atoms with E-state index in [4.69, 9.17) is 17.3 Å². The molecular weight excluding hydrogens is 472 g/mol. The molecule has 0 saturated carbocycles. The molecule has 35 heavy (non-hydrogen) atoms. The van der Waals surface area contributed by atoms with Gasteiger partial charge >= 0.3 is 6.03 Å². The summed E-state index contributed by atoms with van der Waals surface area (Å²) in [7, 11) is 0. The lowest BCUT2D eigenvalue weighted by atomic mass is 10.1. The number of aromatic nitrogens is 2. The van der Waals surface area contributed by atoms with Crippen molar-refractivity contribution in [1.82, 2.24) is 20.0 Å². The average Bonchev–Trinajstić information content (AvgIpc) is 3.28. The zero-order valence-corrected chi connectivity index (χ0v) is 19.8. The molecule has 1 aliphatic rings. The quantitative estimate of drug-likeness (QED) is 0.497. The van der Waals surface area contributed by atoms with E-state index in [0.29, 0.717) is 22.6 Å². The second-order valence-electron chi connectivity index (χ2n) is 8.22. The number of amides is 4. The number of hydrogen-bond acceptors (Lipinski definition) is 5. The summed E-state index contributed by atoms with van der Waals surface area (Å²) >= 11 is 6.53. The number of nitrogens with zero attached hydrogens (tertiary/aromatic N) is 4. The minimum absolute atomic E-state index is 0.179. The number of urea groups is 1. The van der Waals surface area contributed by atoms with E-state index in [2.05, 4.69) is 10.4 Å². The van der Waals surface area contributed by atoms with Crippen LogP contribution in [-0.4, -0.2) is 56.8 Å². The molecule has 0 radical (unpaired) electrons. The molecule has 2 aromatic carbocycles. The molecule has 0 fully saturated rings. The van der Waals surface area contributed by atoms with Gasteiger partial charge in [-0.3, -0.25) is 9.59 Å². The molecule has 0 spiro atoms. The van der Waals surface area contributed by atoms with Gasteiger partial charge in [0, 0.05) is 31.0 Å². The highest BCUT2D eigenvalue weighted by molar-refractivity contribution is 6.34. The van der Waals surface area contributed by atoms with Crippen LogP contribution in [0.25, 0.3) is 5.69 Å². The maximum atomic E-state index is 13.7. The number of hydrogen-bond donors (Lipinski definition) is 3. The first kappa shape index (κ1) is 24.2. The highest BCUT2D eigenvalue weighted by atomic mass is 35.5. The molecular formula is C24H25ClN6O4. The van der Waals surface area contributed by atoms with Gasteiger partial charge in [0.15, 0.2) is 0 Å². The summed E-state index contributed by atoms with van der Waals surface area (Å²) < 4.78 is 1.57. The van der Waals surface area contributed by atoms with Gasteiger partial charge < -0.3 is 26.0 Å². The van der Waals surface area contributed by atoms with E-state index in [9.17, 15) is 19.5 Å². The van der Waals surface area contributed by atoms with Crippen LogP contribution >= 0.6 is 11.6 Å². The Morgan fingerprint density at radius 3 is 2.66 bits per heavy atom. The molecule has 1 atom stereocenters. The number of nitrogens with one attached hydrogen (secondary N) is 1. The van der Waals surface area contributed by atoms with Crippen LogP contribution in [0, 0.1) is 0 Å². The normalized spacial score (nSPS) is 15.3. The Labute approximate surface area is 206 Å². The molecule has 4 N–H and O–H groups in total. The maximum absolute atomic E-state index is 13.7. The van der Waals surface area contributed by atoms with Crippen LogP contribution in [0.4, 0.5) is 10.5 Å². The molecule has 4 amide bonds. The maximum Gasteiger partial charge on any atom is 0.318 e. The van der Waals surface area contributed by atoms with E-state index in [1.54, 1.807) is 44.9 Å². The summed E-state index contributed by atoms with van der Waals surface area (Å²) in [6.07, 6.45) is 1.70. The highest BCUT2D eigenvalue weighted by Crippen LogP contribution is 2.30. The fourth-order valence-corrected chi connectivity index (χ4v) is 4.25. The molecule has 0 unspecified atom stereocenters. The SMILES string of the molecule is C[C@@H]1CN(C(=O)c2ccc(-n3ccc(CO)n3)cc2Cl)c2ccccc2CN1C(=O)NCC(N)=O. The van der Waals surface area contributed by atoms with E-state index in [1.807, 2.05) is 31.2 Å². The third-order valence-corrected chi connectivity index (χ3v) is 6.09. The number of halogens is 1. The van der Waals surface area contributed by atoms with Crippen LogP contribution in [-0.2, 0) is 17.9 Å². The van der Waals surface area contributed by atoms with E-state index in [1.165, 1.54) is 0 Å². The van der Waals surface area contributed by atoms with Crippen LogP contribution in [0.5, 0.6) is 0 Å². The second kappa shape index (κ2) is 10.2. The van der Waals surface area contributed by atoms with E-state index >= 15 is 0 Å². The molecule has 0 bridgehead atoms. The lowest BCUT2D eigenvalue weighted by Crippen LogP contribution is -2.49. The molecule has 0 saturated heterocycles. The number of benzene rings is 2. The lowest BCUT2D eigenvalue weighted by molar-refractivity contribution is -0.117. The highest BCUT2D eigenvalue weighted by Gasteiger charge is 2.32. The monoisotopic (exact) mass is 496 g/mol. The van der Waals surface area contributed by atoms with Crippen molar-refractivity contribution in [3.8, 4) is 5.69 Å². The summed E-state index contributed by atoms with van der Waals surface area (Å²) in [6, 6.07) is 13.2. The number of anilines is 1. The zero-order valence-electron chi connectivity index (χ0n) is 19.0. The molecule has 2 heterocycles. The van der Waals surface area contributed by atoms with Gasteiger partial charge in [-0.2, -0.15) is 5.10 Å². The standard InChI is InChI=1S/C24H25ClN6O4/c1-15-12-30(21-5-3-2-4-16(21)13-29(15)24(35)27-11-22(26)33)23(34)19-7-6-18(10-20(19)25)31-9-8-17(14-32)28-31/h2-10,15,32H,11-14H2,1H3,(H2,26,33)(H,27,35)/t15-/m1/s1. The third-order valence-electron chi connectivity index (χ3n) is 5.78. The van der Waals surface area contributed by atoms with Crippen molar-refractivity contribution in [2.75, 3.05) is 18.0 Å². The Hall–Kier alpha value is -3.89. The topological polar surface area (TPSA) is 134 Å². The van der Waals surface area contributed by atoms with Crippen molar-refractivity contribution in [3.63, 3.8) is 0 Å². The fraction of sp³-hybridized carbons (Fsp3) is 0.250. The minimum Gasteiger partial charge on any atom is -0.390 e. The summed E-state index contributed by atoms with van der Waals surface area (Å²) in [5.74, 6) is -0.949. The molecule has 3 aromatic rings. The number of aliphatic hydroxyl groups is 1. The number of nitrogens with two attached hydrogens (primary N) is 1. The van der Waals surface area contributed by atoms with Gasteiger partial charge in [-0.15, -0.1) is 0 Å². The van der Waals surface area contributed by atoms with Crippen molar-refractivity contribution in [2.24, 2.45) is 5.73 Å². The van der Waals surface area contributed by atoms with Gasteiger partial charge in [-0.25, -0.2) is 9.48 Å². The van der Waals surface area contributed by atoms with Crippen molar-refractivity contribution >= 4 is 35.1 Å². The van der Waals surface area contributed by atoms with Gasteiger partial charge in [-0.05, 0) is 42.8 Å². The Morgan fingerprint density at radius 1 is 1.20 bits per heavy atom. The Balaban J connectivity index is 1.63. The van der Waals surface area contributed by atoms with Crippen molar-refractivity contribution in [1.29, 1.82) is 0 Å². The Kier molecular flexibility index (Phi) is 7.04. The number of para-hydroxylation sites is 1. The summed E-state index contributed by atoms with van der Waals surface area (Å²) in [4.78, 5) is 40.7. The molecule has 182 valence electrons. The average molecular weight is 497 g/mol. The lowest BCUT2D eigenvalue weighted by Gasteiger charge is -2.29.